The second kappa shape index (κ2) is 8.69. The Morgan fingerprint density at radius 1 is 1.00 bits per heavy atom. The Hall–Kier alpha value is -3.15. The molecular weight excluding hydrogens is 352 g/mol. The highest BCUT2D eigenvalue weighted by Gasteiger charge is 2.09. The molecule has 0 aliphatic carbocycles. The molecule has 0 fully saturated rings. The van der Waals surface area contributed by atoms with E-state index in [1.807, 2.05) is 51.1 Å². The van der Waals surface area contributed by atoms with Gasteiger partial charge in [0.2, 0.25) is 5.91 Å². The number of carbonyl (C=O) groups is 2. The number of amides is 2. The summed E-state index contributed by atoms with van der Waals surface area (Å²) in [4.78, 5) is 28.7. The summed E-state index contributed by atoms with van der Waals surface area (Å²) in [6.45, 7) is 7.24. The van der Waals surface area contributed by atoms with Gasteiger partial charge in [0, 0.05) is 18.7 Å². The molecule has 3 aromatic rings. The van der Waals surface area contributed by atoms with Gasteiger partial charge in [-0.3, -0.25) is 9.59 Å². The van der Waals surface area contributed by atoms with E-state index in [0.29, 0.717) is 12.1 Å². The number of aromatic nitrogens is 2. The second-order valence-corrected chi connectivity index (χ2v) is 6.98. The highest BCUT2D eigenvalue weighted by molar-refractivity contribution is 5.96. The fourth-order valence-corrected chi connectivity index (χ4v) is 3.15. The molecule has 0 aliphatic rings. The van der Waals surface area contributed by atoms with Crippen LogP contribution in [0.15, 0.2) is 42.5 Å². The van der Waals surface area contributed by atoms with Crippen LogP contribution in [-0.4, -0.2) is 34.5 Å². The van der Waals surface area contributed by atoms with Crippen LogP contribution in [-0.2, 0) is 11.3 Å². The molecule has 146 valence electrons. The van der Waals surface area contributed by atoms with Crippen molar-refractivity contribution in [2.45, 2.75) is 33.7 Å². The smallest absolute Gasteiger partial charge is 0.251 e. The van der Waals surface area contributed by atoms with E-state index in [-0.39, 0.29) is 18.4 Å². The van der Waals surface area contributed by atoms with Gasteiger partial charge in [-0.15, -0.1) is 0 Å². The van der Waals surface area contributed by atoms with E-state index in [4.69, 9.17) is 0 Å². The molecule has 6 nitrogen and oxygen atoms in total. The number of rotatable bonds is 7. The highest BCUT2D eigenvalue weighted by Crippen LogP contribution is 2.15. The van der Waals surface area contributed by atoms with E-state index in [1.165, 1.54) is 0 Å². The zero-order valence-corrected chi connectivity index (χ0v) is 16.6. The molecule has 1 aromatic heterocycles. The third kappa shape index (κ3) is 4.57. The largest absolute Gasteiger partial charge is 0.355 e. The fraction of sp³-hybridized carbons (Fsp3) is 0.318. The molecule has 0 aliphatic heterocycles. The van der Waals surface area contributed by atoms with Crippen LogP contribution in [0.1, 0.15) is 33.7 Å². The van der Waals surface area contributed by atoms with Crippen molar-refractivity contribution in [2.24, 2.45) is 0 Å². The summed E-state index contributed by atoms with van der Waals surface area (Å²) in [5.74, 6) is 0.538. The van der Waals surface area contributed by atoms with Crippen molar-refractivity contribution >= 4 is 22.8 Å². The molecule has 0 unspecified atom stereocenters. The third-order valence-corrected chi connectivity index (χ3v) is 4.90. The Bertz CT molecular complexity index is 1010. The van der Waals surface area contributed by atoms with E-state index >= 15 is 0 Å². The van der Waals surface area contributed by atoms with Crippen molar-refractivity contribution in [1.29, 1.82) is 0 Å². The lowest BCUT2D eigenvalue weighted by atomic mass is 10.1. The van der Waals surface area contributed by atoms with Crippen molar-refractivity contribution in [3.8, 4) is 0 Å². The number of nitrogens with one attached hydrogen (secondary N) is 2. The lowest BCUT2D eigenvalue weighted by Crippen LogP contribution is -2.37. The second-order valence-electron chi connectivity index (χ2n) is 6.98. The summed E-state index contributed by atoms with van der Waals surface area (Å²) in [6.07, 6.45) is 0.790. The molecule has 0 atom stereocenters. The summed E-state index contributed by atoms with van der Waals surface area (Å²) >= 11 is 0. The normalized spacial score (nSPS) is 10.8. The molecule has 0 bridgehead atoms. The number of nitrogens with zero attached hydrogens (tertiary/aromatic N) is 2. The number of para-hydroxylation sites is 2. The summed E-state index contributed by atoms with van der Waals surface area (Å²) in [6, 6.07) is 13.5. The summed E-state index contributed by atoms with van der Waals surface area (Å²) in [5.41, 5.74) is 4.85. The first kappa shape index (κ1) is 19.6. The lowest BCUT2D eigenvalue weighted by Gasteiger charge is -2.09. The summed E-state index contributed by atoms with van der Waals surface area (Å²) < 4.78 is 2.16. The Morgan fingerprint density at radius 3 is 2.57 bits per heavy atom. The van der Waals surface area contributed by atoms with Crippen LogP contribution in [0.2, 0.25) is 0 Å². The Labute approximate surface area is 165 Å². The molecule has 6 heteroatoms. The zero-order chi connectivity index (χ0) is 20.1. The minimum atomic E-state index is -0.237. The van der Waals surface area contributed by atoms with Crippen LogP contribution in [0.4, 0.5) is 0 Å². The zero-order valence-electron chi connectivity index (χ0n) is 16.6. The topological polar surface area (TPSA) is 76.0 Å². The molecule has 0 saturated carbocycles. The van der Waals surface area contributed by atoms with Gasteiger partial charge >= 0.3 is 0 Å². The summed E-state index contributed by atoms with van der Waals surface area (Å²) in [7, 11) is 0. The van der Waals surface area contributed by atoms with Gasteiger partial charge in [-0.2, -0.15) is 0 Å². The average molecular weight is 378 g/mol. The minimum absolute atomic E-state index is 0.0290. The first-order valence-corrected chi connectivity index (χ1v) is 9.49. The first-order valence-electron chi connectivity index (χ1n) is 9.49. The van der Waals surface area contributed by atoms with Gasteiger partial charge in [-0.05, 0) is 62.6 Å². The monoisotopic (exact) mass is 378 g/mol. The van der Waals surface area contributed by atoms with Gasteiger partial charge in [-0.1, -0.05) is 18.2 Å². The average Bonchev–Trinajstić information content (AvgIpc) is 3.00. The maximum absolute atomic E-state index is 12.2. The molecule has 2 N–H and O–H groups in total. The maximum Gasteiger partial charge on any atom is 0.251 e. The predicted molar refractivity (Wildman–Crippen MR) is 110 cm³/mol. The molecule has 2 amide bonds. The van der Waals surface area contributed by atoms with Gasteiger partial charge in [0.1, 0.15) is 5.82 Å². The Morgan fingerprint density at radius 2 is 1.79 bits per heavy atom. The number of aryl methyl sites for hydroxylation is 4. The molecule has 28 heavy (non-hydrogen) atoms. The van der Waals surface area contributed by atoms with Crippen LogP contribution in [0.3, 0.4) is 0 Å². The van der Waals surface area contributed by atoms with Crippen molar-refractivity contribution in [3.05, 3.63) is 65.0 Å². The van der Waals surface area contributed by atoms with Crippen LogP contribution < -0.4 is 10.6 Å². The molecule has 1 heterocycles. The molecule has 0 saturated heterocycles. The number of benzene rings is 2. The van der Waals surface area contributed by atoms with E-state index in [1.54, 1.807) is 6.07 Å². The molecule has 3 rings (SSSR count). The number of imidazole rings is 1. The number of fused-ring (bicyclic) bond motifs is 1. The Kier molecular flexibility index (Phi) is 6.09. The number of hydrogen-bond acceptors (Lipinski definition) is 3. The van der Waals surface area contributed by atoms with E-state index < -0.39 is 0 Å². The van der Waals surface area contributed by atoms with Crippen LogP contribution >= 0.6 is 0 Å². The first-order chi connectivity index (χ1) is 13.5. The van der Waals surface area contributed by atoms with Crippen LogP contribution in [0, 0.1) is 20.8 Å². The van der Waals surface area contributed by atoms with Crippen LogP contribution in [0.5, 0.6) is 0 Å². The lowest BCUT2D eigenvalue weighted by molar-refractivity contribution is -0.120. The summed E-state index contributed by atoms with van der Waals surface area (Å²) in [5, 5.41) is 5.52. The van der Waals surface area contributed by atoms with Crippen molar-refractivity contribution in [2.75, 3.05) is 13.1 Å². The van der Waals surface area contributed by atoms with Gasteiger partial charge in [0.05, 0.1) is 17.6 Å². The maximum atomic E-state index is 12.2. The third-order valence-electron chi connectivity index (χ3n) is 4.90. The van der Waals surface area contributed by atoms with E-state index in [0.717, 1.165) is 41.0 Å². The molecule has 0 radical (unpaired) electrons. The number of hydrogen-bond donors (Lipinski definition) is 2. The number of carbonyl (C=O) groups excluding carboxylic acids is 2. The standard InChI is InChI=1S/C22H26N4O2/c1-15-9-10-18(13-16(15)2)22(28)24-14-21(27)23-11-6-12-26-17(3)25-19-7-4-5-8-20(19)26/h4-5,7-10,13H,6,11-12,14H2,1-3H3,(H,23,27)(H,24,28). The van der Waals surface area contributed by atoms with Gasteiger partial charge in [-0.25, -0.2) is 4.98 Å². The minimum Gasteiger partial charge on any atom is -0.355 e. The van der Waals surface area contributed by atoms with Crippen molar-refractivity contribution in [3.63, 3.8) is 0 Å². The van der Waals surface area contributed by atoms with E-state index in [2.05, 4.69) is 26.3 Å². The van der Waals surface area contributed by atoms with Crippen molar-refractivity contribution in [1.82, 2.24) is 20.2 Å². The SMILES string of the molecule is Cc1ccc(C(=O)NCC(=O)NCCCn2c(C)nc3ccccc32)cc1C. The van der Waals surface area contributed by atoms with Crippen LogP contribution in [0.25, 0.3) is 11.0 Å². The Balaban J connectivity index is 1.42. The van der Waals surface area contributed by atoms with Gasteiger partial charge in [0.15, 0.2) is 0 Å². The highest BCUT2D eigenvalue weighted by atomic mass is 16.2. The van der Waals surface area contributed by atoms with Gasteiger partial charge < -0.3 is 15.2 Å². The quantitative estimate of drug-likeness (QED) is 0.621. The van der Waals surface area contributed by atoms with Gasteiger partial charge in [0.25, 0.3) is 5.91 Å². The van der Waals surface area contributed by atoms with E-state index in [9.17, 15) is 9.59 Å². The molecule has 0 spiro atoms. The fourth-order valence-electron chi connectivity index (χ4n) is 3.15. The van der Waals surface area contributed by atoms with Crippen molar-refractivity contribution < 1.29 is 9.59 Å². The predicted octanol–water partition coefficient (Wildman–Crippen LogP) is 2.90. The molecule has 2 aromatic carbocycles. The molecular formula is C22H26N4O2.